The largest absolute Gasteiger partial charge is 0.504 e. The number of esters is 1. The normalized spacial score (nSPS) is 40.5. The van der Waals surface area contributed by atoms with Crippen molar-refractivity contribution < 1.29 is 19.4 Å². The van der Waals surface area contributed by atoms with Gasteiger partial charge in [0.2, 0.25) is 5.78 Å². The van der Waals surface area contributed by atoms with Gasteiger partial charge in [-0.2, -0.15) is 0 Å². The number of aliphatic hydroxyl groups is 1. The van der Waals surface area contributed by atoms with Gasteiger partial charge in [0, 0.05) is 11.0 Å². The Bertz CT molecular complexity index is 1410. The summed E-state index contributed by atoms with van der Waals surface area (Å²) in [5.41, 5.74) is 4.63. The van der Waals surface area contributed by atoms with Gasteiger partial charge in [-0.1, -0.05) is 75.8 Å². The van der Waals surface area contributed by atoms with E-state index in [1.54, 1.807) is 6.08 Å². The summed E-state index contributed by atoms with van der Waals surface area (Å²) in [5.74, 6) is -0.0761. The molecule has 6 rings (SSSR count). The van der Waals surface area contributed by atoms with Crippen molar-refractivity contribution in [1.29, 1.82) is 0 Å². The molecule has 1 aromatic carbocycles. The van der Waals surface area contributed by atoms with Crippen molar-refractivity contribution in [2.75, 3.05) is 0 Å². The van der Waals surface area contributed by atoms with Crippen LogP contribution in [0.5, 0.6) is 0 Å². The molecule has 5 aliphatic rings. The van der Waals surface area contributed by atoms with Gasteiger partial charge in [-0.25, -0.2) is 0 Å². The molecule has 3 fully saturated rings. The lowest BCUT2D eigenvalue weighted by atomic mass is 9.34. The second-order valence-electron chi connectivity index (χ2n) is 14.7. The third-order valence-corrected chi connectivity index (χ3v) is 12.6. The average Bonchev–Trinajstić information content (AvgIpc) is 2.94. The lowest BCUT2D eigenvalue weighted by molar-refractivity contribution is -0.183. The first-order valence-electron chi connectivity index (χ1n) is 15.1. The number of allylic oxidation sites excluding steroid dienone is 7. The van der Waals surface area contributed by atoms with Crippen molar-refractivity contribution in [3.63, 3.8) is 0 Å². The first kappa shape index (κ1) is 27.3. The molecule has 1 N–H and O–H groups in total. The van der Waals surface area contributed by atoms with E-state index in [2.05, 4.69) is 46.8 Å². The Morgan fingerprint density at radius 1 is 0.950 bits per heavy atom. The predicted molar refractivity (Wildman–Crippen MR) is 157 cm³/mol. The lowest BCUT2D eigenvalue weighted by Crippen LogP contribution is -2.62. The first-order valence-corrected chi connectivity index (χ1v) is 15.1. The van der Waals surface area contributed by atoms with Gasteiger partial charge in [0.15, 0.2) is 5.76 Å². The minimum atomic E-state index is -0.493. The molecule has 0 bridgehead atoms. The van der Waals surface area contributed by atoms with Crippen molar-refractivity contribution in [3.05, 3.63) is 82.2 Å². The Hall–Kier alpha value is -2.88. The SMILES string of the molecule is CC1=C(O)C(=O)C=C2C1=CC=C1[C@@]2(C)CC[C@@]2(C)[C@@H]3C[C@](C)(C(=O)OCc4ccccc4)CC[C@]3(C)CC[C@]12C. The van der Waals surface area contributed by atoms with Gasteiger partial charge in [0.25, 0.3) is 0 Å². The van der Waals surface area contributed by atoms with Gasteiger partial charge < -0.3 is 9.84 Å². The fraction of sp³-hybridized carbons (Fsp3) is 0.556. The van der Waals surface area contributed by atoms with Crippen molar-refractivity contribution in [3.8, 4) is 0 Å². The highest BCUT2D eigenvalue weighted by Gasteiger charge is 2.67. The summed E-state index contributed by atoms with van der Waals surface area (Å²) in [6.07, 6.45) is 13.2. The number of aliphatic hydroxyl groups excluding tert-OH is 1. The maximum atomic E-state index is 13.6. The molecule has 0 heterocycles. The van der Waals surface area contributed by atoms with Crippen LogP contribution in [0.4, 0.5) is 0 Å². The van der Waals surface area contributed by atoms with E-state index in [4.69, 9.17) is 4.74 Å². The number of fused-ring (bicyclic) bond motifs is 7. The molecule has 0 radical (unpaired) electrons. The minimum Gasteiger partial charge on any atom is -0.504 e. The summed E-state index contributed by atoms with van der Waals surface area (Å²) in [6, 6.07) is 9.95. The van der Waals surface area contributed by atoms with E-state index in [-0.39, 0.29) is 39.2 Å². The van der Waals surface area contributed by atoms with Gasteiger partial charge in [-0.3, -0.25) is 9.59 Å². The Morgan fingerprint density at radius 3 is 2.38 bits per heavy atom. The summed E-state index contributed by atoms with van der Waals surface area (Å²) in [4.78, 5) is 26.4. The number of hydrogen-bond donors (Lipinski definition) is 1. The molecule has 212 valence electrons. The number of hydrogen-bond acceptors (Lipinski definition) is 4. The Kier molecular flexibility index (Phi) is 6.01. The second-order valence-corrected chi connectivity index (χ2v) is 14.7. The molecular formula is C36H44O4. The molecule has 0 aliphatic heterocycles. The Morgan fingerprint density at radius 2 is 1.65 bits per heavy atom. The van der Waals surface area contributed by atoms with Crippen molar-refractivity contribution in [1.82, 2.24) is 0 Å². The zero-order valence-electron chi connectivity index (χ0n) is 25.0. The molecule has 0 aromatic heterocycles. The Balaban J connectivity index is 1.34. The van der Waals surface area contributed by atoms with Crippen LogP contribution in [-0.4, -0.2) is 16.9 Å². The number of carbonyl (C=O) groups is 2. The highest BCUT2D eigenvalue weighted by atomic mass is 16.5. The quantitative estimate of drug-likeness (QED) is 0.391. The lowest BCUT2D eigenvalue weighted by Gasteiger charge is -2.70. The molecule has 4 heteroatoms. The summed E-state index contributed by atoms with van der Waals surface area (Å²) in [6.45, 7) is 14.0. The van der Waals surface area contributed by atoms with Crippen LogP contribution in [0.3, 0.4) is 0 Å². The Labute approximate surface area is 239 Å². The highest BCUT2D eigenvalue weighted by molar-refractivity contribution is 6.06. The molecule has 4 nitrogen and oxygen atoms in total. The fourth-order valence-corrected chi connectivity index (χ4v) is 9.54. The first-order chi connectivity index (χ1) is 18.8. The van der Waals surface area contributed by atoms with Gasteiger partial charge in [-0.05, 0) is 104 Å². The molecule has 6 atom stereocenters. The predicted octanol–water partition coefficient (Wildman–Crippen LogP) is 8.36. The highest BCUT2D eigenvalue weighted by Crippen LogP contribution is 2.75. The number of carbonyl (C=O) groups excluding carboxylic acids is 2. The number of ether oxygens (including phenoxy) is 1. The third kappa shape index (κ3) is 3.63. The second kappa shape index (κ2) is 8.81. The zero-order valence-corrected chi connectivity index (χ0v) is 25.0. The van der Waals surface area contributed by atoms with Crippen molar-refractivity contribution >= 4 is 11.8 Å². The van der Waals surface area contributed by atoms with Crippen molar-refractivity contribution in [2.24, 2.45) is 33.0 Å². The van der Waals surface area contributed by atoms with E-state index in [9.17, 15) is 14.7 Å². The summed E-state index contributed by atoms with van der Waals surface area (Å²) in [7, 11) is 0. The van der Waals surface area contributed by atoms with Gasteiger partial charge in [0.1, 0.15) is 6.61 Å². The van der Waals surface area contributed by atoms with Crippen LogP contribution in [0.1, 0.15) is 92.1 Å². The van der Waals surface area contributed by atoms with E-state index in [0.29, 0.717) is 18.1 Å². The number of ketones is 1. The van der Waals surface area contributed by atoms with E-state index >= 15 is 0 Å². The van der Waals surface area contributed by atoms with E-state index in [1.807, 2.05) is 37.3 Å². The van der Waals surface area contributed by atoms with Crippen LogP contribution < -0.4 is 0 Å². The molecule has 0 saturated heterocycles. The molecule has 0 amide bonds. The maximum Gasteiger partial charge on any atom is 0.312 e. The molecule has 1 aromatic rings. The van der Waals surface area contributed by atoms with Crippen LogP contribution in [0.2, 0.25) is 0 Å². The molecule has 40 heavy (non-hydrogen) atoms. The molecule has 3 saturated carbocycles. The number of rotatable bonds is 3. The summed E-state index contributed by atoms with van der Waals surface area (Å²) < 4.78 is 5.94. The smallest absolute Gasteiger partial charge is 0.312 e. The average molecular weight is 541 g/mol. The third-order valence-electron chi connectivity index (χ3n) is 12.6. The van der Waals surface area contributed by atoms with E-state index < -0.39 is 5.41 Å². The molecule has 5 aliphatic carbocycles. The minimum absolute atomic E-state index is 0.0182. The van der Waals surface area contributed by atoms with Crippen LogP contribution >= 0.6 is 0 Å². The maximum absolute atomic E-state index is 13.6. The van der Waals surface area contributed by atoms with Crippen LogP contribution in [-0.2, 0) is 20.9 Å². The van der Waals surface area contributed by atoms with Gasteiger partial charge >= 0.3 is 5.97 Å². The van der Waals surface area contributed by atoms with E-state index in [1.165, 1.54) is 5.57 Å². The van der Waals surface area contributed by atoms with Gasteiger partial charge in [0.05, 0.1) is 5.41 Å². The topological polar surface area (TPSA) is 63.6 Å². The summed E-state index contributed by atoms with van der Waals surface area (Å²) in [5, 5.41) is 10.4. The van der Waals surface area contributed by atoms with Crippen LogP contribution in [0, 0.1) is 33.0 Å². The van der Waals surface area contributed by atoms with Gasteiger partial charge in [-0.15, -0.1) is 0 Å². The van der Waals surface area contributed by atoms with Crippen LogP contribution in [0.25, 0.3) is 0 Å². The number of benzene rings is 1. The van der Waals surface area contributed by atoms with Crippen LogP contribution in [0.15, 0.2) is 76.6 Å². The summed E-state index contributed by atoms with van der Waals surface area (Å²) >= 11 is 0. The van der Waals surface area contributed by atoms with E-state index in [0.717, 1.165) is 61.7 Å². The molecule has 0 spiro atoms. The molecular weight excluding hydrogens is 496 g/mol. The standard InChI is InChI=1S/C36H44O4/c1-23-25-12-13-28-34(4,26(25)20-27(37)30(23)38)17-19-36(6)29-21-33(3,15-14-32(29,2)16-18-35(28,36)5)31(39)40-22-24-10-8-7-9-11-24/h7-13,20,29,38H,14-19,21-22H2,1-6H3/t29-,32-,33-,34+,35-,36+/m1/s1. The zero-order chi connectivity index (χ0) is 28.7. The van der Waals surface area contributed by atoms with Crippen molar-refractivity contribution in [2.45, 2.75) is 93.1 Å². The molecule has 0 unspecified atom stereocenters. The fourth-order valence-electron chi connectivity index (χ4n) is 9.54. The monoisotopic (exact) mass is 540 g/mol.